The first-order chi connectivity index (χ1) is 15.0. The molecule has 2 aromatic heterocycles. The predicted molar refractivity (Wildman–Crippen MR) is 112 cm³/mol. The molecule has 0 radical (unpaired) electrons. The monoisotopic (exact) mass is 446 g/mol. The van der Waals surface area contributed by atoms with Gasteiger partial charge in [0.1, 0.15) is 0 Å². The summed E-state index contributed by atoms with van der Waals surface area (Å²) >= 11 is 0.336. The molecule has 2 heterocycles. The van der Waals surface area contributed by atoms with Gasteiger partial charge in [0.15, 0.2) is 11.5 Å². The van der Waals surface area contributed by atoms with E-state index in [1.165, 1.54) is 17.1 Å². The number of anilines is 1. The second-order valence-electron chi connectivity index (χ2n) is 6.89. The second kappa shape index (κ2) is 8.88. The maximum Gasteiger partial charge on any atom is 0.302 e. The van der Waals surface area contributed by atoms with E-state index >= 15 is 0 Å². The summed E-state index contributed by atoms with van der Waals surface area (Å²) in [4.78, 5) is 21.2. The fraction of sp³-hybridized carbons (Fsp3) is 0.300. The zero-order chi connectivity index (χ0) is 21.8. The Morgan fingerprint density at radius 3 is 2.90 bits per heavy atom. The van der Waals surface area contributed by atoms with Gasteiger partial charge in [-0.05, 0) is 43.5 Å². The minimum absolute atomic E-state index is 0.234. The fourth-order valence-corrected chi connectivity index (χ4v) is 3.48. The van der Waals surface area contributed by atoms with E-state index in [4.69, 9.17) is 4.74 Å². The van der Waals surface area contributed by atoms with Gasteiger partial charge in [-0.25, -0.2) is 4.68 Å². The first kappa shape index (κ1) is 21.0. The van der Waals surface area contributed by atoms with Crippen LogP contribution in [0.2, 0.25) is 0 Å². The zero-order valence-corrected chi connectivity index (χ0v) is 17.4. The van der Waals surface area contributed by atoms with Crippen LogP contribution in [0.25, 0.3) is 5.82 Å². The smallest absolute Gasteiger partial charge is 0.302 e. The van der Waals surface area contributed by atoms with Gasteiger partial charge >= 0.3 is 5.76 Å². The molecular formula is C20H20F2N6O2S. The SMILES string of the molecule is CCOc1cncc(-n2ccc(C(=O)NC3(c4cccc(NSC(F)F)c4)CC3)n2)n1. The van der Waals surface area contributed by atoms with Crippen molar-refractivity contribution < 1.29 is 18.3 Å². The van der Waals surface area contributed by atoms with Gasteiger partial charge in [0.25, 0.3) is 5.91 Å². The molecule has 0 saturated heterocycles. The number of rotatable bonds is 9. The Balaban J connectivity index is 1.47. The van der Waals surface area contributed by atoms with Crippen molar-refractivity contribution in [2.75, 3.05) is 11.3 Å². The Bertz CT molecular complexity index is 1070. The molecule has 2 N–H and O–H groups in total. The molecule has 1 amide bonds. The molecule has 8 nitrogen and oxygen atoms in total. The quantitative estimate of drug-likeness (QED) is 0.483. The van der Waals surface area contributed by atoms with E-state index in [2.05, 4.69) is 25.1 Å². The maximum atomic E-state index is 12.8. The van der Waals surface area contributed by atoms with Crippen LogP contribution in [-0.2, 0) is 5.54 Å². The lowest BCUT2D eigenvalue weighted by molar-refractivity contribution is 0.0925. The molecule has 4 rings (SSSR count). The minimum atomic E-state index is -2.52. The van der Waals surface area contributed by atoms with E-state index in [-0.39, 0.29) is 11.6 Å². The molecule has 11 heteroatoms. The summed E-state index contributed by atoms with van der Waals surface area (Å²) in [7, 11) is 0. The highest BCUT2D eigenvalue weighted by atomic mass is 32.2. The number of ether oxygens (including phenoxy) is 1. The Labute approximate surface area is 181 Å². The molecule has 1 aromatic carbocycles. The van der Waals surface area contributed by atoms with Crippen molar-refractivity contribution in [3.05, 3.63) is 60.2 Å². The second-order valence-corrected chi connectivity index (χ2v) is 7.69. The number of carbonyl (C=O) groups is 1. The van der Waals surface area contributed by atoms with Crippen molar-refractivity contribution in [2.45, 2.75) is 31.1 Å². The van der Waals surface area contributed by atoms with Crippen molar-refractivity contribution in [1.82, 2.24) is 25.1 Å². The highest BCUT2D eigenvalue weighted by Crippen LogP contribution is 2.46. The first-order valence-corrected chi connectivity index (χ1v) is 10.5. The Morgan fingerprint density at radius 2 is 2.16 bits per heavy atom. The molecule has 0 bridgehead atoms. The topological polar surface area (TPSA) is 94.0 Å². The molecule has 1 fully saturated rings. The first-order valence-electron chi connectivity index (χ1n) is 9.63. The number of nitrogens with one attached hydrogen (secondary N) is 2. The molecule has 162 valence electrons. The molecule has 1 saturated carbocycles. The Kier molecular flexibility index (Phi) is 6.03. The van der Waals surface area contributed by atoms with E-state index < -0.39 is 11.3 Å². The molecule has 3 aromatic rings. The summed E-state index contributed by atoms with van der Waals surface area (Å²) < 4.78 is 34.3. The molecule has 1 aliphatic carbocycles. The number of alkyl halides is 2. The van der Waals surface area contributed by atoms with Crippen molar-refractivity contribution in [2.24, 2.45) is 0 Å². The van der Waals surface area contributed by atoms with Gasteiger partial charge in [-0.1, -0.05) is 12.1 Å². The van der Waals surface area contributed by atoms with E-state index in [0.717, 1.165) is 18.4 Å². The fourth-order valence-electron chi connectivity index (χ4n) is 3.12. The lowest BCUT2D eigenvalue weighted by atomic mass is 10.0. The van der Waals surface area contributed by atoms with Crippen LogP contribution < -0.4 is 14.8 Å². The third-order valence-corrected chi connectivity index (χ3v) is 5.26. The van der Waals surface area contributed by atoms with Crippen molar-refractivity contribution in [1.29, 1.82) is 0 Å². The lowest BCUT2D eigenvalue weighted by Gasteiger charge is -2.18. The van der Waals surface area contributed by atoms with Gasteiger partial charge in [-0.2, -0.15) is 18.9 Å². The molecule has 0 unspecified atom stereocenters. The number of benzene rings is 1. The van der Waals surface area contributed by atoms with E-state index in [9.17, 15) is 13.6 Å². The summed E-state index contributed by atoms with van der Waals surface area (Å²) in [6.07, 6.45) is 6.17. The summed E-state index contributed by atoms with van der Waals surface area (Å²) in [5, 5.41) is 7.33. The average molecular weight is 446 g/mol. The number of amides is 1. The number of hydrogen-bond acceptors (Lipinski definition) is 7. The van der Waals surface area contributed by atoms with E-state index in [0.29, 0.717) is 35.9 Å². The van der Waals surface area contributed by atoms with Crippen LogP contribution in [0.1, 0.15) is 35.8 Å². The highest BCUT2D eigenvalue weighted by Gasteiger charge is 2.46. The van der Waals surface area contributed by atoms with Gasteiger partial charge in [0, 0.05) is 23.8 Å². The van der Waals surface area contributed by atoms with Crippen LogP contribution in [0.3, 0.4) is 0 Å². The number of nitrogens with zero attached hydrogens (tertiary/aromatic N) is 4. The number of hydrogen-bond donors (Lipinski definition) is 2. The summed E-state index contributed by atoms with van der Waals surface area (Å²) in [6, 6.07) is 8.72. The molecule has 0 spiro atoms. The normalized spacial score (nSPS) is 14.3. The van der Waals surface area contributed by atoms with Gasteiger partial charge in [0.2, 0.25) is 5.88 Å². The number of halogens is 2. The van der Waals surface area contributed by atoms with Gasteiger partial charge in [-0.3, -0.25) is 9.78 Å². The predicted octanol–water partition coefficient (Wildman–Crippen LogP) is 3.76. The van der Waals surface area contributed by atoms with Crippen molar-refractivity contribution >= 4 is 23.5 Å². The van der Waals surface area contributed by atoms with Gasteiger partial charge < -0.3 is 14.8 Å². The lowest BCUT2D eigenvalue weighted by Crippen LogP contribution is -2.35. The highest BCUT2D eigenvalue weighted by molar-refractivity contribution is 8.00. The van der Waals surface area contributed by atoms with Crippen LogP contribution in [0.5, 0.6) is 5.88 Å². The largest absolute Gasteiger partial charge is 0.477 e. The van der Waals surface area contributed by atoms with Crippen molar-refractivity contribution in [3.8, 4) is 11.7 Å². The summed E-state index contributed by atoms with van der Waals surface area (Å²) in [5.74, 6) is -2.05. The number of aromatic nitrogens is 4. The van der Waals surface area contributed by atoms with Crippen LogP contribution in [-0.4, -0.2) is 38.0 Å². The molecular weight excluding hydrogens is 426 g/mol. The van der Waals surface area contributed by atoms with Crippen LogP contribution in [0, 0.1) is 0 Å². The zero-order valence-electron chi connectivity index (χ0n) is 16.6. The van der Waals surface area contributed by atoms with Crippen molar-refractivity contribution in [3.63, 3.8) is 0 Å². The molecule has 0 atom stereocenters. The van der Waals surface area contributed by atoms with Crippen LogP contribution in [0.15, 0.2) is 48.9 Å². The Hall–Kier alpha value is -3.21. The average Bonchev–Trinajstić information content (AvgIpc) is 3.37. The van der Waals surface area contributed by atoms with Gasteiger partial charge in [0.05, 0.1) is 24.5 Å². The van der Waals surface area contributed by atoms with E-state index in [1.807, 2.05) is 13.0 Å². The summed E-state index contributed by atoms with van der Waals surface area (Å²) in [5.41, 5.74) is 1.12. The van der Waals surface area contributed by atoms with Gasteiger partial charge in [-0.15, -0.1) is 0 Å². The number of carbonyl (C=O) groups excluding carboxylic acids is 1. The van der Waals surface area contributed by atoms with Crippen LogP contribution >= 0.6 is 11.9 Å². The minimum Gasteiger partial charge on any atom is -0.477 e. The standard InChI is InChI=1S/C20H20F2N6O2S/c1-2-30-17-12-23-11-16(24-17)28-9-6-15(26-28)18(29)25-20(7-8-20)13-4-3-5-14(10-13)27-31-19(21)22/h3-6,9-12,19,27H,2,7-8H2,1H3,(H,25,29). The third kappa shape index (κ3) is 4.93. The van der Waals surface area contributed by atoms with E-state index in [1.54, 1.807) is 30.5 Å². The third-order valence-electron chi connectivity index (χ3n) is 4.73. The maximum absolute atomic E-state index is 12.8. The molecule has 31 heavy (non-hydrogen) atoms. The van der Waals surface area contributed by atoms with Crippen LogP contribution in [0.4, 0.5) is 14.5 Å². The Morgan fingerprint density at radius 1 is 1.32 bits per heavy atom. The summed E-state index contributed by atoms with van der Waals surface area (Å²) in [6.45, 7) is 2.31. The molecule has 0 aliphatic heterocycles. The molecule has 1 aliphatic rings.